The summed E-state index contributed by atoms with van der Waals surface area (Å²) in [5, 5.41) is 12.0. The number of nitrogens with two attached hydrogens (primary N) is 1. The summed E-state index contributed by atoms with van der Waals surface area (Å²) in [4.78, 5) is 0. The number of hydrogen-bond acceptors (Lipinski definition) is 3. The number of nitriles is 1. The van der Waals surface area contributed by atoms with Crippen LogP contribution in [0.3, 0.4) is 0 Å². The predicted molar refractivity (Wildman–Crippen MR) is 67.0 cm³/mol. The molecule has 0 aromatic heterocycles. The van der Waals surface area contributed by atoms with Gasteiger partial charge in [0.1, 0.15) is 0 Å². The van der Waals surface area contributed by atoms with Crippen molar-refractivity contribution in [3.63, 3.8) is 0 Å². The van der Waals surface area contributed by atoms with Gasteiger partial charge in [0.15, 0.2) is 0 Å². The Labute approximate surface area is 97.3 Å². The van der Waals surface area contributed by atoms with E-state index in [1.807, 2.05) is 24.3 Å². The molecule has 1 rings (SSSR count). The minimum atomic E-state index is 0.482. The first-order valence-corrected chi connectivity index (χ1v) is 5.61. The molecule has 0 fully saturated rings. The molecule has 0 spiro atoms. The van der Waals surface area contributed by atoms with Crippen molar-refractivity contribution in [3.8, 4) is 6.07 Å². The predicted octanol–water partition coefficient (Wildman–Crippen LogP) is 2.20. The third-order valence-electron chi connectivity index (χ3n) is 2.83. The number of nitrogens with one attached hydrogen (secondary N) is 1. The summed E-state index contributed by atoms with van der Waals surface area (Å²) in [7, 11) is 0. The topological polar surface area (TPSA) is 61.8 Å². The second-order valence-corrected chi connectivity index (χ2v) is 4.31. The van der Waals surface area contributed by atoms with Crippen molar-refractivity contribution in [2.45, 2.75) is 13.8 Å². The molecule has 0 aliphatic rings. The summed E-state index contributed by atoms with van der Waals surface area (Å²) in [6.45, 7) is 5.93. The average Bonchev–Trinajstić information content (AvgIpc) is 2.30. The van der Waals surface area contributed by atoms with E-state index in [2.05, 4.69) is 25.2 Å². The molecule has 1 aromatic carbocycles. The lowest BCUT2D eigenvalue weighted by molar-refractivity contribution is 0.413. The Morgan fingerprint density at radius 3 is 2.38 bits per heavy atom. The molecule has 0 aliphatic carbocycles. The number of anilines is 1. The lowest BCUT2D eigenvalue weighted by Gasteiger charge is -2.19. The van der Waals surface area contributed by atoms with Crippen LogP contribution in [-0.2, 0) is 0 Å². The van der Waals surface area contributed by atoms with Gasteiger partial charge in [-0.1, -0.05) is 13.8 Å². The van der Waals surface area contributed by atoms with Gasteiger partial charge in [-0.3, -0.25) is 0 Å². The van der Waals surface area contributed by atoms with Crippen molar-refractivity contribution in [3.05, 3.63) is 29.8 Å². The number of nitrogens with zero attached hydrogens (tertiary/aromatic N) is 1. The Balaban J connectivity index is 2.51. The molecule has 0 saturated carbocycles. The maximum atomic E-state index is 8.67. The summed E-state index contributed by atoms with van der Waals surface area (Å²) >= 11 is 0. The van der Waals surface area contributed by atoms with E-state index in [9.17, 15) is 0 Å². The maximum absolute atomic E-state index is 8.67. The summed E-state index contributed by atoms with van der Waals surface area (Å²) in [5.41, 5.74) is 7.43. The molecule has 1 atom stereocenters. The molecule has 0 saturated heterocycles. The first kappa shape index (κ1) is 12.5. The third-order valence-corrected chi connectivity index (χ3v) is 2.83. The second kappa shape index (κ2) is 6.14. The monoisotopic (exact) mass is 217 g/mol. The molecule has 1 unspecified atom stereocenters. The van der Waals surface area contributed by atoms with Gasteiger partial charge in [-0.15, -0.1) is 0 Å². The van der Waals surface area contributed by atoms with Crippen LogP contribution < -0.4 is 11.1 Å². The summed E-state index contributed by atoms with van der Waals surface area (Å²) in [6, 6.07) is 9.58. The van der Waals surface area contributed by atoms with Crippen LogP contribution in [0, 0.1) is 23.2 Å². The largest absolute Gasteiger partial charge is 0.385 e. The molecule has 3 N–H and O–H groups in total. The van der Waals surface area contributed by atoms with Gasteiger partial charge in [-0.25, -0.2) is 0 Å². The van der Waals surface area contributed by atoms with E-state index >= 15 is 0 Å². The Morgan fingerprint density at radius 1 is 1.31 bits per heavy atom. The summed E-state index contributed by atoms with van der Waals surface area (Å²) in [5.74, 6) is 1.06. The summed E-state index contributed by atoms with van der Waals surface area (Å²) < 4.78 is 0. The van der Waals surface area contributed by atoms with E-state index in [0.29, 0.717) is 23.9 Å². The first-order chi connectivity index (χ1) is 7.67. The Hall–Kier alpha value is -1.53. The van der Waals surface area contributed by atoms with Crippen molar-refractivity contribution >= 4 is 5.69 Å². The normalized spacial score (nSPS) is 12.2. The van der Waals surface area contributed by atoms with Crippen LogP contribution in [0.5, 0.6) is 0 Å². The van der Waals surface area contributed by atoms with Gasteiger partial charge in [0.05, 0.1) is 11.6 Å². The van der Waals surface area contributed by atoms with Gasteiger partial charge in [0, 0.05) is 12.2 Å². The maximum Gasteiger partial charge on any atom is 0.0991 e. The Kier molecular flexibility index (Phi) is 4.81. The van der Waals surface area contributed by atoms with Gasteiger partial charge in [0.2, 0.25) is 0 Å². The SMILES string of the molecule is CC(C)C(CN)CNc1ccc(C#N)cc1. The molecule has 3 heteroatoms. The molecule has 0 bridgehead atoms. The standard InChI is InChI=1S/C13H19N3/c1-10(2)12(8-15)9-16-13-5-3-11(7-14)4-6-13/h3-6,10,12,16H,8-9,15H2,1-2H3. The van der Waals surface area contributed by atoms with Gasteiger partial charge in [-0.05, 0) is 42.6 Å². The van der Waals surface area contributed by atoms with E-state index in [-0.39, 0.29) is 0 Å². The molecule has 0 aliphatic heterocycles. The molecule has 3 nitrogen and oxygen atoms in total. The number of rotatable bonds is 5. The van der Waals surface area contributed by atoms with Gasteiger partial charge in [0.25, 0.3) is 0 Å². The molecule has 86 valence electrons. The average molecular weight is 217 g/mol. The van der Waals surface area contributed by atoms with Crippen LogP contribution in [0.15, 0.2) is 24.3 Å². The molecule has 0 heterocycles. The van der Waals surface area contributed by atoms with Gasteiger partial charge in [-0.2, -0.15) is 5.26 Å². The van der Waals surface area contributed by atoms with E-state index in [1.165, 1.54) is 0 Å². The quantitative estimate of drug-likeness (QED) is 0.794. The van der Waals surface area contributed by atoms with Crippen LogP contribution in [0.4, 0.5) is 5.69 Å². The van der Waals surface area contributed by atoms with Crippen molar-refractivity contribution in [2.24, 2.45) is 17.6 Å². The first-order valence-electron chi connectivity index (χ1n) is 5.61. The minimum absolute atomic E-state index is 0.482. The summed E-state index contributed by atoms with van der Waals surface area (Å²) in [6.07, 6.45) is 0. The zero-order valence-corrected chi connectivity index (χ0v) is 9.90. The van der Waals surface area contributed by atoms with Crippen molar-refractivity contribution < 1.29 is 0 Å². The highest BCUT2D eigenvalue weighted by Gasteiger charge is 2.10. The molecule has 16 heavy (non-hydrogen) atoms. The fourth-order valence-electron chi connectivity index (χ4n) is 1.50. The fraction of sp³-hybridized carbons (Fsp3) is 0.462. The molecular weight excluding hydrogens is 198 g/mol. The Morgan fingerprint density at radius 2 is 1.94 bits per heavy atom. The molecule has 1 aromatic rings. The van der Waals surface area contributed by atoms with Crippen LogP contribution in [0.2, 0.25) is 0 Å². The van der Waals surface area contributed by atoms with Gasteiger partial charge >= 0.3 is 0 Å². The second-order valence-electron chi connectivity index (χ2n) is 4.31. The number of hydrogen-bond donors (Lipinski definition) is 2. The highest BCUT2D eigenvalue weighted by Crippen LogP contribution is 2.13. The minimum Gasteiger partial charge on any atom is -0.385 e. The van der Waals surface area contributed by atoms with E-state index in [4.69, 9.17) is 11.0 Å². The van der Waals surface area contributed by atoms with Crippen LogP contribution in [0.1, 0.15) is 19.4 Å². The van der Waals surface area contributed by atoms with Gasteiger partial charge < -0.3 is 11.1 Å². The van der Waals surface area contributed by atoms with Crippen molar-refractivity contribution in [2.75, 3.05) is 18.4 Å². The van der Waals surface area contributed by atoms with E-state index < -0.39 is 0 Å². The van der Waals surface area contributed by atoms with Crippen molar-refractivity contribution in [1.82, 2.24) is 0 Å². The Bertz CT molecular complexity index is 348. The molecular formula is C13H19N3. The van der Waals surface area contributed by atoms with Crippen LogP contribution in [0.25, 0.3) is 0 Å². The van der Waals surface area contributed by atoms with E-state index in [1.54, 1.807) is 0 Å². The fourth-order valence-corrected chi connectivity index (χ4v) is 1.50. The smallest absolute Gasteiger partial charge is 0.0991 e. The van der Waals surface area contributed by atoms with Crippen molar-refractivity contribution in [1.29, 1.82) is 5.26 Å². The van der Waals surface area contributed by atoms with Crippen LogP contribution in [-0.4, -0.2) is 13.1 Å². The lowest BCUT2D eigenvalue weighted by Crippen LogP contribution is -2.27. The third kappa shape index (κ3) is 3.56. The zero-order valence-electron chi connectivity index (χ0n) is 9.90. The highest BCUT2D eigenvalue weighted by molar-refractivity contribution is 5.47. The molecule has 0 radical (unpaired) electrons. The van der Waals surface area contributed by atoms with Crippen LogP contribution >= 0.6 is 0 Å². The highest BCUT2D eigenvalue weighted by atomic mass is 14.9. The van der Waals surface area contributed by atoms with E-state index in [0.717, 1.165) is 12.2 Å². The number of benzene rings is 1. The molecule has 0 amide bonds. The zero-order chi connectivity index (χ0) is 12.0. The lowest BCUT2D eigenvalue weighted by atomic mass is 9.96.